The average Bonchev–Trinajstić information content (AvgIpc) is 2.95. The van der Waals surface area contributed by atoms with Gasteiger partial charge in [0, 0.05) is 19.2 Å². The average molecular weight is 566 g/mol. The summed E-state index contributed by atoms with van der Waals surface area (Å²) in [7, 11) is -2.65. The van der Waals surface area contributed by atoms with Crippen LogP contribution in [0.5, 0.6) is 5.75 Å². The van der Waals surface area contributed by atoms with E-state index in [4.69, 9.17) is 4.74 Å². The molecule has 3 aromatic rings. The molecule has 214 valence electrons. The Kier molecular flexibility index (Phi) is 10.7. The van der Waals surface area contributed by atoms with Gasteiger partial charge in [0.05, 0.1) is 17.7 Å². The molecular weight excluding hydrogens is 526 g/mol. The van der Waals surface area contributed by atoms with E-state index >= 15 is 0 Å². The molecule has 1 N–H and O–H groups in total. The summed E-state index contributed by atoms with van der Waals surface area (Å²) in [5, 5.41) is 2.89. The van der Waals surface area contributed by atoms with Crippen LogP contribution in [0.2, 0.25) is 0 Å². The summed E-state index contributed by atoms with van der Waals surface area (Å²) in [5.41, 5.74) is 3.11. The number of methoxy groups -OCH3 is 1. The monoisotopic (exact) mass is 565 g/mol. The van der Waals surface area contributed by atoms with E-state index in [1.54, 1.807) is 36.4 Å². The number of carbonyl (C=O) groups is 2. The third-order valence-corrected chi connectivity index (χ3v) is 8.43. The molecule has 1 atom stereocenters. The molecule has 0 heterocycles. The van der Waals surface area contributed by atoms with Crippen molar-refractivity contribution in [3.8, 4) is 5.75 Å². The van der Waals surface area contributed by atoms with Gasteiger partial charge >= 0.3 is 0 Å². The van der Waals surface area contributed by atoms with E-state index in [2.05, 4.69) is 5.32 Å². The van der Waals surface area contributed by atoms with E-state index in [1.165, 1.54) is 24.1 Å². The maximum Gasteiger partial charge on any atom is 0.264 e. The Balaban J connectivity index is 2.06. The van der Waals surface area contributed by atoms with Crippen molar-refractivity contribution in [2.45, 2.75) is 58.0 Å². The van der Waals surface area contributed by atoms with Gasteiger partial charge < -0.3 is 15.0 Å². The van der Waals surface area contributed by atoms with Gasteiger partial charge in [0.15, 0.2) is 0 Å². The first-order valence-electron chi connectivity index (χ1n) is 13.5. The number of aryl methyl sites for hydroxylation is 2. The van der Waals surface area contributed by atoms with Gasteiger partial charge in [-0.1, -0.05) is 67.4 Å². The molecule has 0 saturated carbocycles. The molecule has 40 heavy (non-hydrogen) atoms. The summed E-state index contributed by atoms with van der Waals surface area (Å²) in [5.74, 6) is -0.298. The summed E-state index contributed by atoms with van der Waals surface area (Å²) in [6, 6.07) is 20.0. The Morgan fingerprint density at radius 1 is 0.925 bits per heavy atom. The van der Waals surface area contributed by atoms with Gasteiger partial charge in [-0.2, -0.15) is 0 Å². The van der Waals surface area contributed by atoms with E-state index in [-0.39, 0.29) is 23.0 Å². The maximum absolute atomic E-state index is 14.1. The maximum atomic E-state index is 14.1. The van der Waals surface area contributed by atoms with Gasteiger partial charge in [-0.25, -0.2) is 8.42 Å². The van der Waals surface area contributed by atoms with Crippen molar-refractivity contribution in [1.29, 1.82) is 0 Å². The zero-order valence-electron chi connectivity index (χ0n) is 23.9. The van der Waals surface area contributed by atoms with Crippen molar-refractivity contribution in [2.75, 3.05) is 24.5 Å². The van der Waals surface area contributed by atoms with Crippen LogP contribution in [0.25, 0.3) is 0 Å². The molecule has 0 aromatic heterocycles. The minimum atomic E-state index is -4.14. The second kappa shape index (κ2) is 14.0. The normalized spacial score (nSPS) is 11.9. The summed E-state index contributed by atoms with van der Waals surface area (Å²) in [4.78, 5) is 28.8. The second-order valence-corrected chi connectivity index (χ2v) is 11.6. The van der Waals surface area contributed by atoms with Gasteiger partial charge in [0.2, 0.25) is 11.8 Å². The van der Waals surface area contributed by atoms with Crippen LogP contribution in [0.15, 0.2) is 77.7 Å². The van der Waals surface area contributed by atoms with Crippen molar-refractivity contribution < 1.29 is 22.7 Å². The topological polar surface area (TPSA) is 96.0 Å². The van der Waals surface area contributed by atoms with Crippen LogP contribution in [0, 0.1) is 13.8 Å². The Hall–Kier alpha value is -3.85. The van der Waals surface area contributed by atoms with Crippen LogP contribution in [-0.4, -0.2) is 51.4 Å². The molecule has 0 fully saturated rings. The molecule has 3 rings (SSSR count). The lowest BCUT2D eigenvalue weighted by molar-refractivity contribution is -0.140. The highest BCUT2D eigenvalue weighted by molar-refractivity contribution is 7.92. The summed E-state index contributed by atoms with van der Waals surface area (Å²) < 4.78 is 34.3. The van der Waals surface area contributed by atoms with Gasteiger partial charge in [-0.15, -0.1) is 0 Å². The van der Waals surface area contributed by atoms with Gasteiger partial charge in [-0.05, 0) is 56.5 Å². The molecule has 0 unspecified atom stereocenters. The third-order valence-electron chi connectivity index (χ3n) is 6.64. The summed E-state index contributed by atoms with van der Waals surface area (Å²) in [6.07, 6.45) is 1.13. The number of nitrogens with one attached hydrogen (secondary N) is 1. The van der Waals surface area contributed by atoms with Crippen LogP contribution in [0.4, 0.5) is 5.69 Å². The highest BCUT2D eigenvalue weighted by atomic mass is 32.2. The summed E-state index contributed by atoms with van der Waals surface area (Å²) >= 11 is 0. The number of nitrogens with zero attached hydrogens (tertiary/aromatic N) is 2. The van der Waals surface area contributed by atoms with E-state index in [1.807, 2.05) is 52.0 Å². The van der Waals surface area contributed by atoms with Gasteiger partial charge in [-0.3, -0.25) is 13.9 Å². The number of sulfonamides is 1. The number of benzene rings is 3. The first-order valence-corrected chi connectivity index (χ1v) is 14.9. The minimum absolute atomic E-state index is 0.0616. The number of hydrogen-bond acceptors (Lipinski definition) is 5. The van der Waals surface area contributed by atoms with Crippen molar-refractivity contribution in [3.05, 3.63) is 89.5 Å². The quantitative estimate of drug-likeness (QED) is 0.320. The van der Waals surface area contributed by atoms with E-state index in [0.29, 0.717) is 18.7 Å². The number of carbonyl (C=O) groups excluding carboxylic acids is 2. The van der Waals surface area contributed by atoms with Crippen LogP contribution in [0.1, 0.15) is 43.4 Å². The number of ether oxygens (including phenoxy) is 1. The smallest absolute Gasteiger partial charge is 0.264 e. The Morgan fingerprint density at radius 3 is 2.12 bits per heavy atom. The predicted molar refractivity (Wildman–Crippen MR) is 158 cm³/mol. The molecule has 0 spiro atoms. The number of amides is 2. The SMILES string of the molecule is CCCNC(=O)[C@@H](CC)N(Cc1ccc(C)cc1)C(=O)CN(c1cccc(OC)c1)S(=O)(=O)c1ccc(C)cc1. The Labute approximate surface area is 238 Å². The predicted octanol–water partition coefficient (Wildman–Crippen LogP) is 4.84. The molecule has 9 heteroatoms. The van der Waals surface area contributed by atoms with Crippen LogP contribution in [-0.2, 0) is 26.2 Å². The van der Waals surface area contributed by atoms with Crippen LogP contribution >= 0.6 is 0 Å². The van der Waals surface area contributed by atoms with E-state index in [9.17, 15) is 18.0 Å². The fourth-order valence-electron chi connectivity index (χ4n) is 4.31. The summed E-state index contributed by atoms with van der Waals surface area (Å²) in [6.45, 7) is 7.80. The molecule has 0 bridgehead atoms. The highest BCUT2D eigenvalue weighted by Crippen LogP contribution is 2.28. The second-order valence-electron chi connectivity index (χ2n) is 9.75. The van der Waals surface area contributed by atoms with Crippen LogP contribution in [0.3, 0.4) is 0 Å². The number of anilines is 1. The number of rotatable bonds is 13. The van der Waals surface area contributed by atoms with Gasteiger partial charge in [0.1, 0.15) is 18.3 Å². The standard InChI is InChI=1S/C31H39N3O5S/c1-6-19-32-31(36)29(7-2)33(21-25-15-11-23(3)12-16-25)30(35)22-34(26-9-8-10-27(20-26)39-5)40(37,38)28-17-13-24(4)14-18-28/h8-18,20,29H,6-7,19,21-22H2,1-5H3,(H,32,36)/t29-/m1/s1. The molecule has 0 aliphatic carbocycles. The van der Waals surface area contributed by atoms with Crippen molar-refractivity contribution in [2.24, 2.45) is 0 Å². The lowest BCUT2D eigenvalue weighted by atomic mass is 10.1. The third kappa shape index (κ3) is 7.63. The molecule has 3 aromatic carbocycles. The highest BCUT2D eigenvalue weighted by Gasteiger charge is 2.33. The Morgan fingerprint density at radius 2 is 1.55 bits per heavy atom. The first-order chi connectivity index (χ1) is 19.1. The van der Waals surface area contributed by atoms with Gasteiger partial charge in [0.25, 0.3) is 10.0 Å². The van der Waals surface area contributed by atoms with Crippen molar-refractivity contribution in [3.63, 3.8) is 0 Å². The zero-order valence-corrected chi connectivity index (χ0v) is 24.7. The minimum Gasteiger partial charge on any atom is -0.497 e. The van der Waals surface area contributed by atoms with E-state index < -0.39 is 28.5 Å². The molecule has 0 saturated heterocycles. The molecule has 0 aliphatic rings. The largest absolute Gasteiger partial charge is 0.497 e. The zero-order chi connectivity index (χ0) is 29.3. The number of hydrogen-bond donors (Lipinski definition) is 1. The first kappa shape index (κ1) is 30.7. The van der Waals surface area contributed by atoms with Crippen molar-refractivity contribution in [1.82, 2.24) is 10.2 Å². The molecule has 8 nitrogen and oxygen atoms in total. The van der Waals surface area contributed by atoms with Crippen LogP contribution < -0.4 is 14.4 Å². The Bertz CT molecular complexity index is 1390. The molecule has 2 amide bonds. The molecular formula is C31H39N3O5S. The fraction of sp³-hybridized carbons (Fsp3) is 0.355. The lowest BCUT2D eigenvalue weighted by Gasteiger charge is -2.33. The van der Waals surface area contributed by atoms with E-state index in [0.717, 1.165) is 27.4 Å². The molecule has 0 aliphatic heterocycles. The lowest BCUT2D eigenvalue weighted by Crippen LogP contribution is -2.52. The molecule has 0 radical (unpaired) electrons. The fourth-order valence-corrected chi connectivity index (χ4v) is 5.71. The van der Waals surface area contributed by atoms with Crippen molar-refractivity contribution >= 4 is 27.5 Å².